The van der Waals surface area contributed by atoms with Crippen LogP contribution >= 0.6 is 11.3 Å². The molecule has 1 aromatic heterocycles. The van der Waals surface area contributed by atoms with Gasteiger partial charge in [0.15, 0.2) is 5.13 Å². The Hall–Kier alpha value is -1.14. The van der Waals surface area contributed by atoms with Gasteiger partial charge in [-0.3, -0.25) is 0 Å². The van der Waals surface area contributed by atoms with Crippen LogP contribution in [0.3, 0.4) is 0 Å². The van der Waals surface area contributed by atoms with Crippen LogP contribution in [0.2, 0.25) is 0 Å². The van der Waals surface area contributed by atoms with E-state index in [-0.39, 0.29) is 0 Å². The Kier molecular flexibility index (Phi) is 5.37. The van der Waals surface area contributed by atoms with Crippen molar-refractivity contribution in [3.63, 3.8) is 0 Å². The number of nitrogens with zero attached hydrogens (tertiary/aromatic N) is 2. The zero-order valence-corrected chi connectivity index (χ0v) is 12.9. The van der Waals surface area contributed by atoms with Gasteiger partial charge in [-0.2, -0.15) is 0 Å². The van der Waals surface area contributed by atoms with Gasteiger partial charge >= 0.3 is 5.97 Å². The topological polar surface area (TPSA) is 62.7 Å². The van der Waals surface area contributed by atoms with Gasteiger partial charge in [0.25, 0.3) is 0 Å². The van der Waals surface area contributed by atoms with Crippen molar-refractivity contribution < 1.29 is 14.6 Å². The Morgan fingerprint density at radius 1 is 1.50 bits per heavy atom. The van der Waals surface area contributed by atoms with Crippen molar-refractivity contribution in [1.29, 1.82) is 0 Å². The van der Waals surface area contributed by atoms with Gasteiger partial charge in [0.1, 0.15) is 4.88 Å². The van der Waals surface area contributed by atoms with E-state index < -0.39 is 5.97 Å². The maximum absolute atomic E-state index is 11.3. The fraction of sp³-hybridized carbons (Fsp3) is 0.714. The maximum atomic E-state index is 11.3. The van der Waals surface area contributed by atoms with Crippen LogP contribution in [0.15, 0.2) is 0 Å². The lowest BCUT2D eigenvalue weighted by atomic mass is 10.0. The quantitative estimate of drug-likeness (QED) is 0.875. The second kappa shape index (κ2) is 7.04. The number of hydrogen-bond donors (Lipinski definition) is 1. The van der Waals surface area contributed by atoms with Gasteiger partial charge in [-0.05, 0) is 25.2 Å². The SMILES string of the molecule is CCCc1nc(N(C)CC2CCOCC2)sc1C(=O)O. The fourth-order valence-corrected chi connectivity index (χ4v) is 3.39. The molecule has 1 saturated heterocycles. The van der Waals surface area contributed by atoms with E-state index in [0.717, 1.165) is 56.3 Å². The highest BCUT2D eigenvalue weighted by atomic mass is 32.1. The van der Waals surface area contributed by atoms with Crippen molar-refractivity contribution in [3.05, 3.63) is 10.6 Å². The predicted molar refractivity (Wildman–Crippen MR) is 79.9 cm³/mol. The first-order valence-electron chi connectivity index (χ1n) is 7.13. The maximum Gasteiger partial charge on any atom is 0.347 e. The van der Waals surface area contributed by atoms with Crippen molar-refractivity contribution in [2.24, 2.45) is 5.92 Å². The smallest absolute Gasteiger partial charge is 0.347 e. The first-order chi connectivity index (χ1) is 9.61. The highest BCUT2D eigenvalue weighted by Crippen LogP contribution is 2.28. The number of aryl methyl sites for hydroxylation is 1. The third-order valence-corrected chi connectivity index (χ3v) is 4.77. The minimum absolute atomic E-state index is 0.390. The molecule has 0 bridgehead atoms. The minimum atomic E-state index is -0.864. The van der Waals surface area contributed by atoms with Crippen LogP contribution in [0.5, 0.6) is 0 Å². The van der Waals surface area contributed by atoms with Crippen LogP contribution in [0.4, 0.5) is 5.13 Å². The summed E-state index contributed by atoms with van der Waals surface area (Å²) in [5, 5.41) is 10.1. The first kappa shape index (κ1) is 15.3. The first-order valence-corrected chi connectivity index (χ1v) is 7.95. The van der Waals surface area contributed by atoms with Crippen LogP contribution in [0.1, 0.15) is 41.6 Å². The highest BCUT2D eigenvalue weighted by molar-refractivity contribution is 7.17. The summed E-state index contributed by atoms with van der Waals surface area (Å²) < 4.78 is 5.36. The van der Waals surface area contributed by atoms with Gasteiger partial charge in [-0.1, -0.05) is 24.7 Å². The number of ether oxygens (including phenoxy) is 1. The summed E-state index contributed by atoms with van der Waals surface area (Å²) >= 11 is 1.29. The monoisotopic (exact) mass is 298 g/mol. The molecule has 0 aromatic carbocycles. The number of rotatable bonds is 6. The molecule has 0 atom stereocenters. The Morgan fingerprint density at radius 3 is 2.80 bits per heavy atom. The number of thiazole rings is 1. The Labute approximate surface area is 123 Å². The average Bonchev–Trinajstić information content (AvgIpc) is 2.85. The van der Waals surface area contributed by atoms with E-state index in [0.29, 0.717) is 10.8 Å². The van der Waals surface area contributed by atoms with Crippen LogP contribution in [-0.4, -0.2) is 42.9 Å². The van der Waals surface area contributed by atoms with Gasteiger partial charge in [0.2, 0.25) is 0 Å². The van der Waals surface area contributed by atoms with Crippen molar-refractivity contribution in [2.45, 2.75) is 32.6 Å². The van der Waals surface area contributed by atoms with Crippen molar-refractivity contribution >= 4 is 22.4 Å². The predicted octanol–water partition coefficient (Wildman–Crippen LogP) is 2.66. The lowest BCUT2D eigenvalue weighted by Crippen LogP contribution is -2.29. The summed E-state index contributed by atoms with van der Waals surface area (Å²) in [4.78, 5) is 18.3. The van der Waals surface area contributed by atoms with E-state index in [1.54, 1.807) is 0 Å². The van der Waals surface area contributed by atoms with Crippen LogP contribution < -0.4 is 4.90 Å². The number of hydrogen-bond acceptors (Lipinski definition) is 5. The summed E-state index contributed by atoms with van der Waals surface area (Å²) in [7, 11) is 2.00. The number of carboxylic acids is 1. The molecular formula is C14H22N2O3S. The molecule has 2 rings (SSSR count). The van der Waals surface area contributed by atoms with Crippen molar-refractivity contribution in [2.75, 3.05) is 31.7 Å². The van der Waals surface area contributed by atoms with E-state index in [1.165, 1.54) is 11.3 Å². The van der Waals surface area contributed by atoms with E-state index in [4.69, 9.17) is 4.74 Å². The molecule has 0 amide bonds. The summed E-state index contributed by atoms with van der Waals surface area (Å²) in [6.45, 7) is 4.62. The molecular weight excluding hydrogens is 276 g/mol. The Bertz CT molecular complexity index is 455. The number of carboxylic acid groups (broad SMARTS) is 1. The zero-order valence-electron chi connectivity index (χ0n) is 12.1. The molecule has 2 heterocycles. The molecule has 0 spiro atoms. The molecule has 1 aliphatic heterocycles. The standard InChI is InChI=1S/C14H22N2O3S/c1-3-4-11-12(13(17)18)20-14(15-11)16(2)9-10-5-7-19-8-6-10/h10H,3-9H2,1-2H3,(H,17,18). The van der Waals surface area contributed by atoms with Gasteiger partial charge < -0.3 is 14.7 Å². The van der Waals surface area contributed by atoms with Crippen LogP contribution in [0, 0.1) is 5.92 Å². The lowest BCUT2D eigenvalue weighted by Gasteiger charge is -2.26. The minimum Gasteiger partial charge on any atom is -0.477 e. The van der Waals surface area contributed by atoms with Gasteiger partial charge in [-0.25, -0.2) is 9.78 Å². The second-order valence-corrected chi connectivity index (χ2v) is 6.24. The van der Waals surface area contributed by atoms with E-state index in [2.05, 4.69) is 9.88 Å². The molecule has 6 heteroatoms. The molecule has 5 nitrogen and oxygen atoms in total. The highest BCUT2D eigenvalue weighted by Gasteiger charge is 2.21. The van der Waals surface area contributed by atoms with Crippen LogP contribution in [-0.2, 0) is 11.2 Å². The second-order valence-electron chi connectivity index (χ2n) is 5.26. The molecule has 1 aliphatic rings. The zero-order chi connectivity index (χ0) is 14.5. The molecule has 0 radical (unpaired) electrons. The third kappa shape index (κ3) is 3.70. The van der Waals surface area contributed by atoms with Crippen molar-refractivity contribution in [1.82, 2.24) is 4.98 Å². The van der Waals surface area contributed by atoms with E-state index in [1.807, 2.05) is 14.0 Å². The molecule has 1 N–H and O–H groups in total. The van der Waals surface area contributed by atoms with E-state index >= 15 is 0 Å². The Balaban J connectivity index is 2.06. The molecule has 0 aliphatic carbocycles. The molecule has 1 fully saturated rings. The Morgan fingerprint density at radius 2 is 2.20 bits per heavy atom. The molecule has 112 valence electrons. The van der Waals surface area contributed by atoms with Crippen molar-refractivity contribution in [3.8, 4) is 0 Å². The fourth-order valence-electron chi connectivity index (χ4n) is 2.47. The van der Waals surface area contributed by atoms with Crippen LogP contribution in [0.25, 0.3) is 0 Å². The normalized spacial score (nSPS) is 16.3. The summed E-state index contributed by atoms with van der Waals surface area (Å²) in [5.74, 6) is -0.253. The molecule has 0 unspecified atom stereocenters. The number of carbonyl (C=O) groups is 1. The average molecular weight is 298 g/mol. The third-order valence-electron chi connectivity index (χ3n) is 3.57. The lowest BCUT2D eigenvalue weighted by molar-refractivity contribution is 0.0684. The molecule has 1 aromatic rings. The molecule has 20 heavy (non-hydrogen) atoms. The van der Waals surface area contributed by atoms with Gasteiger partial charge in [0.05, 0.1) is 5.69 Å². The van der Waals surface area contributed by atoms with Gasteiger partial charge in [-0.15, -0.1) is 0 Å². The summed E-state index contributed by atoms with van der Waals surface area (Å²) in [6.07, 6.45) is 3.78. The number of aromatic carboxylic acids is 1. The number of aromatic nitrogens is 1. The summed E-state index contributed by atoms with van der Waals surface area (Å²) in [5.41, 5.74) is 0.721. The number of anilines is 1. The van der Waals surface area contributed by atoms with Gasteiger partial charge in [0, 0.05) is 26.8 Å². The van der Waals surface area contributed by atoms with E-state index in [9.17, 15) is 9.90 Å². The summed E-state index contributed by atoms with van der Waals surface area (Å²) in [6, 6.07) is 0. The largest absolute Gasteiger partial charge is 0.477 e. The molecule has 0 saturated carbocycles.